The lowest BCUT2D eigenvalue weighted by Crippen LogP contribution is -2.51. The molecule has 2 bridgehead atoms. The average Bonchev–Trinajstić information content (AvgIpc) is 3.55. The van der Waals surface area contributed by atoms with Crippen molar-refractivity contribution in [1.29, 1.82) is 0 Å². The van der Waals surface area contributed by atoms with Crippen molar-refractivity contribution in [3.05, 3.63) is 35.9 Å². The number of aryl methyl sites for hydroxylation is 1. The molecule has 2 aromatic heterocycles. The Hall–Kier alpha value is -2.59. The summed E-state index contributed by atoms with van der Waals surface area (Å²) in [6.07, 6.45) is 5.20. The molecule has 10 heteroatoms. The highest BCUT2D eigenvalue weighted by Gasteiger charge is 2.55. The highest BCUT2D eigenvalue weighted by molar-refractivity contribution is 7.90. The van der Waals surface area contributed by atoms with Crippen molar-refractivity contribution >= 4 is 15.8 Å². The molecule has 3 unspecified atom stereocenters. The van der Waals surface area contributed by atoms with Crippen molar-refractivity contribution in [2.75, 3.05) is 0 Å². The fourth-order valence-corrected chi connectivity index (χ4v) is 6.64. The number of aromatic nitrogens is 3. The second-order valence-corrected chi connectivity index (χ2v) is 10.5. The largest absolute Gasteiger partial charge is 0.474 e. The lowest BCUT2D eigenvalue weighted by molar-refractivity contribution is -0.119. The smallest absolute Gasteiger partial charge is 0.229 e. The molecule has 1 saturated carbocycles. The Balaban J connectivity index is 1.34. The first-order chi connectivity index (χ1) is 14.8. The van der Waals surface area contributed by atoms with Crippen LogP contribution < -0.4 is 9.47 Å². The summed E-state index contributed by atoms with van der Waals surface area (Å²) in [6, 6.07) is 2.62. The molecular weight excluding hydrogens is 420 g/mol. The summed E-state index contributed by atoms with van der Waals surface area (Å²) >= 11 is 0. The molecule has 2 aromatic rings. The molecule has 0 aromatic carbocycles. The summed E-state index contributed by atoms with van der Waals surface area (Å²) in [6.45, 7) is 3.66. The summed E-state index contributed by atoms with van der Waals surface area (Å²) < 4.78 is 39.1. The van der Waals surface area contributed by atoms with E-state index in [9.17, 15) is 13.2 Å². The molecule has 3 fully saturated rings. The van der Waals surface area contributed by atoms with Crippen LogP contribution in [0.25, 0.3) is 0 Å². The maximum atomic E-state index is 12.8. The topological polar surface area (TPSA) is 112 Å². The molecule has 31 heavy (non-hydrogen) atoms. The Morgan fingerprint density at radius 2 is 1.87 bits per heavy atom. The van der Waals surface area contributed by atoms with E-state index in [-0.39, 0.29) is 29.6 Å². The number of carbonyl (C=O) groups excluding carboxylic acids is 1. The SMILES string of the molecule is Cc1ncccc1Oc1ncnc(OC2CC3CC(=O)C(C2)N3S(=O)(=O)C2CC2)c1C. The lowest BCUT2D eigenvalue weighted by Gasteiger charge is -2.36. The number of nitrogens with zero attached hydrogens (tertiary/aromatic N) is 4. The van der Waals surface area contributed by atoms with Crippen LogP contribution in [-0.2, 0) is 14.8 Å². The zero-order valence-corrected chi connectivity index (χ0v) is 18.2. The molecule has 3 atom stereocenters. The number of ether oxygens (including phenoxy) is 2. The first kappa shape index (κ1) is 20.3. The predicted octanol–water partition coefficient (Wildman–Crippen LogP) is 2.33. The minimum absolute atomic E-state index is 0.0178. The molecule has 2 saturated heterocycles. The third-order valence-electron chi connectivity index (χ3n) is 6.17. The van der Waals surface area contributed by atoms with Gasteiger partial charge in [-0.15, -0.1) is 0 Å². The van der Waals surface area contributed by atoms with Crippen molar-refractivity contribution in [2.45, 2.75) is 69.4 Å². The third-order valence-corrected chi connectivity index (χ3v) is 8.63. The number of piperidine rings is 1. The third kappa shape index (κ3) is 3.67. The number of carbonyl (C=O) groups is 1. The quantitative estimate of drug-likeness (QED) is 0.667. The van der Waals surface area contributed by atoms with Crippen molar-refractivity contribution in [3.63, 3.8) is 0 Å². The van der Waals surface area contributed by atoms with Gasteiger partial charge in [0.1, 0.15) is 12.4 Å². The maximum Gasteiger partial charge on any atom is 0.229 e. The van der Waals surface area contributed by atoms with E-state index in [0.717, 1.165) is 5.69 Å². The molecule has 9 nitrogen and oxygen atoms in total. The van der Waals surface area contributed by atoms with E-state index in [0.29, 0.717) is 48.8 Å². The van der Waals surface area contributed by atoms with E-state index in [1.165, 1.54) is 10.6 Å². The molecule has 0 radical (unpaired) electrons. The molecule has 0 amide bonds. The number of rotatable bonds is 6. The zero-order valence-electron chi connectivity index (χ0n) is 17.4. The highest BCUT2D eigenvalue weighted by atomic mass is 32.2. The van der Waals surface area contributed by atoms with Crippen LogP contribution in [0.15, 0.2) is 24.7 Å². The normalized spacial score (nSPS) is 26.1. The zero-order chi connectivity index (χ0) is 21.8. The Bertz CT molecular complexity index is 1130. The van der Waals surface area contributed by atoms with Gasteiger partial charge in [-0.1, -0.05) is 0 Å². The van der Waals surface area contributed by atoms with Gasteiger partial charge in [-0.25, -0.2) is 18.4 Å². The Morgan fingerprint density at radius 3 is 2.58 bits per heavy atom. The number of hydrogen-bond acceptors (Lipinski definition) is 8. The highest BCUT2D eigenvalue weighted by Crippen LogP contribution is 2.42. The summed E-state index contributed by atoms with van der Waals surface area (Å²) in [5.74, 6) is 1.32. The van der Waals surface area contributed by atoms with Crippen LogP contribution in [0.3, 0.4) is 0 Å². The fraction of sp³-hybridized carbons (Fsp3) is 0.524. The summed E-state index contributed by atoms with van der Waals surface area (Å²) in [5.41, 5.74) is 1.37. The summed E-state index contributed by atoms with van der Waals surface area (Å²) in [7, 11) is -3.40. The van der Waals surface area contributed by atoms with Gasteiger partial charge in [0.15, 0.2) is 11.5 Å². The predicted molar refractivity (Wildman–Crippen MR) is 110 cm³/mol. The first-order valence-corrected chi connectivity index (χ1v) is 12.0. The van der Waals surface area contributed by atoms with E-state index < -0.39 is 16.1 Å². The van der Waals surface area contributed by atoms with Crippen molar-refractivity contribution in [1.82, 2.24) is 19.3 Å². The lowest BCUT2D eigenvalue weighted by atomic mass is 10.0. The van der Waals surface area contributed by atoms with Gasteiger partial charge >= 0.3 is 0 Å². The monoisotopic (exact) mass is 444 g/mol. The second kappa shape index (κ2) is 7.52. The second-order valence-electron chi connectivity index (χ2n) is 8.42. The number of Topliss-reactive ketones (excluding diaryl/α,β-unsaturated/α-hetero) is 1. The Labute approximate surface area is 180 Å². The van der Waals surface area contributed by atoms with E-state index in [1.807, 2.05) is 19.9 Å². The summed E-state index contributed by atoms with van der Waals surface area (Å²) in [5, 5.41) is -0.319. The van der Waals surface area contributed by atoms with E-state index in [2.05, 4.69) is 15.0 Å². The Kier molecular flexibility index (Phi) is 4.93. The van der Waals surface area contributed by atoms with Crippen LogP contribution in [0.2, 0.25) is 0 Å². The van der Waals surface area contributed by atoms with Crippen molar-refractivity contribution in [2.24, 2.45) is 0 Å². The number of fused-ring (bicyclic) bond motifs is 2. The molecule has 0 N–H and O–H groups in total. The van der Waals surface area contributed by atoms with Crippen molar-refractivity contribution in [3.8, 4) is 17.5 Å². The van der Waals surface area contributed by atoms with Crippen LogP contribution >= 0.6 is 0 Å². The van der Waals surface area contributed by atoms with E-state index >= 15 is 0 Å². The van der Waals surface area contributed by atoms with Gasteiger partial charge in [-0.3, -0.25) is 9.78 Å². The van der Waals surface area contributed by atoms with Crippen LogP contribution in [0, 0.1) is 13.8 Å². The van der Waals surface area contributed by atoms with Crippen LogP contribution in [0.5, 0.6) is 17.5 Å². The number of hydrogen-bond donors (Lipinski definition) is 0. The molecule has 164 valence electrons. The standard InChI is InChI=1S/C21H24N4O5S/c1-12-20(23-11-24-21(12)30-19-4-3-7-22-13(19)2)29-15-8-14-9-18(26)17(10-15)25(14)31(27,28)16-5-6-16/h3-4,7,11,14-17H,5-6,8-10H2,1-2H3. The van der Waals surface area contributed by atoms with Crippen molar-refractivity contribution < 1.29 is 22.7 Å². The average molecular weight is 445 g/mol. The van der Waals surface area contributed by atoms with Crippen LogP contribution in [0.1, 0.15) is 43.4 Å². The molecular formula is C21H24N4O5S. The number of sulfonamides is 1. The van der Waals surface area contributed by atoms with Crippen LogP contribution in [0.4, 0.5) is 0 Å². The van der Waals surface area contributed by atoms with Gasteiger partial charge in [0.25, 0.3) is 0 Å². The van der Waals surface area contributed by atoms with Gasteiger partial charge in [-0.05, 0) is 38.8 Å². The molecule has 4 heterocycles. The first-order valence-electron chi connectivity index (χ1n) is 10.5. The van der Waals surface area contributed by atoms with Gasteiger partial charge < -0.3 is 9.47 Å². The molecule has 1 aliphatic carbocycles. The van der Waals surface area contributed by atoms with Gasteiger partial charge in [0.05, 0.1) is 22.5 Å². The van der Waals surface area contributed by atoms with Crippen LogP contribution in [-0.4, -0.2) is 56.9 Å². The number of ketones is 1. The van der Waals surface area contributed by atoms with E-state index in [4.69, 9.17) is 9.47 Å². The summed E-state index contributed by atoms with van der Waals surface area (Å²) in [4.78, 5) is 25.2. The van der Waals surface area contributed by atoms with Gasteiger partial charge in [0, 0.05) is 31.5 Å². The van der Waals surface area contributed by atoms with E-state index in [1.54, 1.807) is 12.3 Å². The molecule has 5 rings (SSSR count). The maximum absolute atomic E-state index is 12.8. The van der Waals surface area contributed by atoms with Gasteiger partial charge in [-0.2, -0.15) is 4.31 Å². The fourth-order valence-electron chi connectivity index (χ4n) is 4.43. The number of pyridine rings is 1. The minimum Gasteiger partial charge on any atom is -0.474 e. The molecule has 3 aliphatic rings. The Morgan fingerprint density at radius 1 is 1.10 bits per heavy atom. The molecule has 2 aliphatic heterocycles. The minimum atomic E-state index is -3.40. The van der Waals surface area contributed by atoms with Gasteiger partial charge in [0.2, 0.25) is 21.8 Å². The molecule has 0 spiro atoms.